The van der Waals surface area contributed by atoms with E-state index in [4.69, 9.17) is 16.3 Å². The SMILES string of the molecule is Cc1cc(Cl)cc(C)c1Oc1nnc(C)c(C)c1C(=O)O. The molecule has 0 bridgehead atoms. The van der Waals surface area contributed by atoms with Gasteiger partial charge in [-0.2, -0.15) is 5.10 Å². The second kappa shape index (κ2) is 5.69. The summed E-state index contributed by atoms with van der Waals surface area (Å²) in [6.07, 6.45) is 0. The molecule has 0 spiro atoms. The van der Waals surface area contributed by atoms with Gasteiger partial charge in [0.25, 0.3) is 5.88 Å². The van der Waals surface area contributed by atoms with Crippen molar-refractivity contribution < 1.29 is 14.6 Å². The van der Waals surface area contributed by atoms with Crippen molar-refractivity contribution >= 4 is 17.6 Å². The number of aryl methyl sites for hydroxylation is 3. The molecule has 2 rings (SSSR count). The quantitative estimate of drug-likeness (QED) is 0.932. The molecule has 0 aliphatic carbocycles. The van der Waals surface area contributed by atoms with E-state index in [1.807, 2.05) is 13.8 Å². The van der Waals surface area contributed by atoms with Gasteiger partial charge in [0.05, 0.1) is 5.69 Å². The molecule has 0 saturated heterocycles. The fraction of sp³-hybridized carbons (Fsp3) is 0.267. The van der Waals surface area contributed by atoms with Crippen LogP contribution < -0.4 is 4.74 Å². The summed E-state index contributed by atoms with van der Waals surface area (Å²) < 4.78 is 5.71. The predicted octanol–water partition coefficient (Wildman–Crippen LogP) is 3.85. The Hall–Kier alpha value is -2.14. The van der Waals surface area contributed by atoms with E-state index in [1.165, 1.54) is 0 Å². The minimum Gasteiger partial charge on any atom is -0.477 e. The number of rotatable bonds is 3. The number of aromatic nitrogens is 2. The van der Waals surface area contributed by atoms with Crippen LogP contribution in [0.2, 0.25) is 5.02 Å². The van der Waals surface area contributed by atoms with Crippen molar-refractivity contribution in [3.8, 4) is 11.6 Å². The maximum absolute atomic E-state index is 11.4. The first-order chi connectivity index (χ1) is 9.81. The molecule has 1 aromatic carbocycles. The van der Waals surface area contributed by atoms with Crippen molar-refractivity contribution in [2.24, 2.45) is 0 Å². The molecule has 0 fully saturated rings. The Morgan fingerprint density at radius 2 is 1.71 bits per heavy atom. The number of carboxylic acids is 1. The summed E-state index contributed by atoms with van der Waals surface area (Å²) in [7, 11) is 0. The summed E-state index contributed by atoms with van der Waals surface area (Å²) >= 11 is 5.98. The second-order valence-electron chi connectivity index (χ2n) is 4.87. The Kier molecular flexibility index (Phi) is 4.14. The average molecular weight is 307 g/mol. The van der Waals surface area contributed by atoms with Gasteiger partial charge in [-0.1, -0.05) is 11.6 Å². The third kappa shape index (κ3) is 2.97. The van der Waals surface area contributed by atoms with Gasteiger partial charge in [0, 0.05) is 5.02 Å². The standard InChI is InChI=1S/C15H15ClN2O3/c1-7-5-11(16)6-8(2)13(7)21-14-12(15(19)20)9(3)10(4)17-18-14/h5-6H,1-4H3,(H,19,20). The summed E-state index contributed by atoms with van der Waals surface area (Å²) in [5.74, 6) is -0.566. The molecule has 110 valence electrons. The van der Waals surface area contributed by atoms with Crippen LogP contribution in [0.25, 0.3) is 0 Å². The number of hydrogen-bond donors (Lipinski definition) is 1. The van der Waals surface area contributed by atoms with Crippen molar-refractivity contribution in [1.82, 2.24) is 10.2 Å². The molecule has 6 heteroatoms. The molecule has 1 heterocycles. The molecule has 1 N–H and O–H groups in total. The maximum Gasteiger partial charge on any atom is 0.341 e. The van der Waals surface area contributed by atoms with Crippen LogP contribution in [0.3, 0.4) is 0 Å². The van der Waals surface area contributed by atoms with Crippen LogP contribution in [-0.4, -0.2) is 21.3 Å². The lowest BCUT2D eigenvalue weighted by Gasteiger charge is -2.14. The first-order valence-electron chi connectivity index (χ1n) is 6.33. The first kappa shape index (κ1) is 15.3. The summed E-state index contributed by atoms with van der Waals surface area (Å²) in [5, 5.41) is 17.8. The molecule has 0 radical (unpaired) electrons. The Morgan fingerprint density at radius 3 is 2.24 bits per heavy atom. The van der Waals surface area contributed by atoms with E-state index in [-0.39, 0.29) is 11.4 Å². The van der Waals surface area contributed by atoms with Crippen LogP contribution in [-0.2, 0) is 0 Å². The zero-order chi connectivity index (χ0) is 15.7. The lowest BCUT2D eigenvalue weighted by molar-refractivity contribution is 0.0692. The predicted molar refractivity (Wildman–Crippen MR) is 79.5 cm³/mol. The first-order valence-corrected chi connectivity index (χ1v) is 6.70. The second-order valence-corrected chi connectivity index (χ2v) is 5.30. The van der Waals surface area contributed by atoms with Crippen molar-refractivity contribution in [2.75, 3.05) is 0 Å². The topological polar surface area (TPSA) is 72.3 Å². The Balaban J connectivity index is 2.55. The molecule has 0 amide bonds. The number of carboxylic acid groups (broad SMARTS) is 1. The van der Waals surface area contributed by atoms with Crippen molar-refractivity contribution in [3.63, 3.8) is 0 Å². The zero-order valence-corrected chi connectivity index (χ0v) is 12.9. The van der Waals surface area contributed by atoms with Crippen molar-refractivity contribution in [1.29, 1.82) is 0 Å². The molecule has 0 saturated carbocycles. The number of benzene rings is 1. The fourth-order valence-corrected chi connectivity index (χ4v) is 2.39. The van der Waals surface area contributed by atoms with E-state index in [2.05, 4.69) is 10.2 Å². The van der Waals surface area contributed by atoms with E-state index in [9.17, 15) is 9.90 Å². The van der Waals surface area contributed by atoms with E-state index >= 15 is 0 Å². The number of aromatic carboxylic acids is 1. The van der Waals surface area contributed by atoms with E-state index in [0.717, 1.165) is 11.1 Å². The smallest absolute Gasteiger partial charge is 0.341 e. The fourth-order valence-electron chi connectivity index (χ4n) is 2.07. The third-order valence-electron chi connectivity index (χ3n) is 3.26. The van der Waals surface area contributed by atoms with Crippen LogP contribution in [0.15, 0.2) is 12.1 Å². The molecule has 0 atom stereocenters. The molecular formula is C15H15ClN2O3. The summed E-state index contributed by atoms with van der Waals surface area (Å²) in [6.45, 7) is 7.06. The van der Waals surface area contributed by atoms with Gasteiger partial charge in [0.2, 0.25) is 0 Å². The van der Waals surface area contributed by atoms with E-state index in [1.54, 1.807) is 26.0 Å². The summed E-state index contributed by atoms with van der Waals surface area (Å²) in [4.78, 5) is 11.4. The largest absolute Gasteiger partial charge is 0.477 e. The summed E-state index contributed by atoms with van der Waals surface area (Å²) in [6, 6.07) is 3.50. The van der Waals surface area contributed by atoms with Crippen molar-refractivity contribution in [3.05, 3.63) is 45.1 Å². The van der Waals surface area contributed by atoms with Crippen LogP contribution in [0, 0.1) is 27.7 Å². The molecule has 1 aromatic heterocycles. The highest BCUT2D eigenvalue weighted by molar-refractivity contribution is 6.30. The molecular weight excluding hydrogens is 292 g/mol. The number of hydrogen-bond acceptors (Lipinski definition) is 4. The Labute approximate surface area is 127 Å². The molecule has 0 aliphatic rings. The third-order valence-corrected chi connectivity index (χ3v) is 3.48. The maximum atomic E-state index is 11.4. The molecule has 2 aromatic rings. The van der Waals surface area contributed by atoms with Gasteiger partial charge >= 0.3 is 5.97 Å². The highest BCUT2D eigenvalue weighted by Gasteiger charge is 2.20. The van der Waals surface area contributed by atoms with E-state index < -0.39 is 5.97 Å². The Bertz CT molecular complexity index is 706. The minimum atomic E-state index is -1.09. The number of nitrogens with zero attached hydrogens (tertiary/aromatic N) is 2. The average Bonchev–Trinajstić information content (AvgIpc) is 2.37. The van der Waals surface area contributed by atoms with Crippen LogP contribution in [0.1, 0.15) is 32.7 Å². The zero-order valence-electron chi connectivity index (χ0n) is 12.2. The summed E-state index contributed by atoms with van der Waals surface area (Å²) in [5.41, 5.74) is 2.73. The lowest BCUT2D eigenvalue weighted by Crippen LogP contribution is -2.09. The normalized spacial score (nSPS) is 10.5. The number of halogens is 1. The van der Waals surface area contributed by atoms with Gasteiger partial charge < -0.3 is 9.84 Å². The minimum absolute atomic E-state index is 0.0147. The van der Waals surface area contributed by atoms with Gasteiger partial charge in [-0.3, -0.25) is 0 Å². The molecule has 0 aliphatic heterocycles. The molecule has 5 nitrogen and oxygen atoms in total. The Morgan fingerprint density at radius 1 is 1.14 bits per heavy atom. The lowest BCUT2D eigenvalue weighted by atomic mass is 10.1. The van der Waals surface area contributed by atoms with Gasteiger partial charge in [-0.15, -0.1) is 5.10 Å². The van der Waals surface area contributed by atoms with Crippen LogP contribution in [0.4, 0.5) is 0 Å². The van der Waals surface area contributed by atoms with Gasteiger partial charge in [-0.25, -0.2) is 4.79 Å². The van der Waals surface area contributed by atoms with Crippen LogP contribution >= 0.6 is 11.6 Å². The number of ether oxygens (including phenoxy) is 1. The van der Waals surface area contributed by atoms with Gasteiger partial charge in [0.15, 0.2) is 0 Å². The van der Waals surface area contributed by atoms with E-state index in [0.29, 0.717) is 22.0 Å². The van der Waals surface area contributed by atoms with Crippen LogP contribution in [0.5, 0.6) is 11.6 Å². The monoisotopic (exact) mass is 306 g/mol. The van der Waals surface area contributed by atoms with Gasteiger partial charge in [0.1, 0.15) is 11.3 Å². The highest BCUT2D eigenvalue weighted by atomic mass is 35.5. The van der Waals surface area contributed by atoms with Gasteiger partial charge in [-0.05, 0) is 56.5 Å². The highest BCUT2D eigenvalue weighted by Crippen LogP contribution is 2.32. The molecule has 0 unspecified atom stereocenters. The van der Waals surface area contributed by atoms with Crippen molar-refractivity contribution in [2.45, 2.75) is 27.7 Å². The molecule has 21 heavy (non-hydrogen) atoms. The number of carbonyl (C=O) groups is 1.